The number of benzene rings is 1. The fourth-order valence-electron chi connectivity index (χ4n) is 3.94. The van der Waals surface area contributed by atoms with E-state index in [0.29, 0.717) is 6.42 Å². The van der Waals surface area contributed by atoms with Crippen LogP contribution in [0, 0.1) is 11.8 Å². The second-order valence-electron chi connectivity index (χ2n) is 8.11. The number of ether oxygens (including phenoxy) is 2. The van der Waals surface area contributed by atoms with Crippen molar-refractivity contribution in [1.82, 2.24) is 5.48 Å². The first-order chi connectivity index (χ1) is 15.7. The minimum atomic E-state index is -4.46. The van der Waals surface area contributed by atoms with Crippen LogP contribution in [0.3, 0.4) is 0 Å². The average molecular weight is 472 g/mol. The van der Waals surface area contributed by atoms with Crippen LogP contribution in [0.15, 0.2) is 48.6 Å². The van der Waals surface area contributed by atoms with Crippen molar-refractivity contribution >= 4 is 5.97 Å². The lowest BCUT2D eigenvalue weighted by molar-refractivity contribution is -0.140. The predicted molar refractivity (Wildman–Crippen MR) is 117 cm³/mol. The van der Waals surface area contributed by atoms with Gasteiger partial charge in [0, 0.05) is 12.5 Å². The number of methoxy groups -OCH3 is 1. The van der Waals surface area contributed by atoms with E-state index in [9.17, 15) is 28.3 Å². The van der Waals surface area contributed by atoms with Crippen molar-refractivity contribution in [3.8, 4) is 5.75 Å². The van der Waals surface area contributed by atoms with Crippen LogP contribution in [0.25, 0.3) is 0 Å². The predicted octanol–water partition coefficient (Wildman–Crippen LogP) is 4.66. The summed E-state index contributed by atoms with van der Waals surface area (Å²) in [5.74, 6) is 0.0531. The number of hydrogen-bond donors (Lipinski definition) is 3. The maximum Gasteiger partial charge on any atom is 0.416 e. The molecule has 2 rings (SSSR count). The van der Waals surface area contributed by atoms with Gasteiger partial charge in [-0.05, 0) is 62.1 Å². The van der Waals surface area contributed by atoms with E-state index in [4.69, 9.17) is 4.74 Å². The lowest BCUT2D eigenvalue weighted by Crippen LogP contribution is -2.31. The third kappa shape index (κ3) is 9.19. The molecule has 1 saturated carbocycles. The molecule has 0 bridgehead atoms. The van der Waals surface area contributed by atoms with Gasteiger partial charge in [-0.1, -0.05) is 30.4 Å². The molecule has 0 aliphatic heterocycles. The molecule has 1 aromatic rings. The molecule has 0 aromatic heterocycles. The van der Waals surface area contributed by atoms with E-state index in [2.05, 4.69) is 16.3 Å². The lowest BCUT2D eigenvalue weighted by atomic mass is 9.90. The van der Waals surface area contributed by atoms with Crippen molar-refractivity contribution in [2.45, 2.75) is 56.8 Å². The number of aliphatic hydroxyl groups is 1. The number of nitrogens with one attached hydrogen (secondary N) is 1. The number of esters is 1. The number of allylic oxidation sites excluding steroid dienone is 2. The number of carbonyl (C=O) groups is 1. The summed E-state index contributed by atoms with van der Waals surface area (Å²) in [6.07, 6.45) is 6.36. The highest BCUT2D eigenvalue weighted by Crippen LogP contribution is 2.36. The Morgan fingerprint density at radius 2 is 2.09 bits per heavy atom. The molecule has 2 unspecified atom stereocenters. The Morgan fingerprint density at radius 3 is 2.79 bits per heavy atom. The van der Waals surface area contributed by atoms with Gasteiger partial charge in [0.2, 0.25) is 0 Å². The quantitative estimate of drug-likeness (QED) is 0.178. The fraction of sp³-hybridized carbons (Fsp3) is 0.542. The van der Waals surface area contributed by atoms with Gasteiger partial charge in [-0.25, -0.2) is 5.48 Å². The zero-order valence-corrected chi connectivity index (χ0v) is 18.6. The monoisotopic (exact) mass is 471 g/mol. The zero-order chi connectivity index (χ0) is 24.3. The molecule has 0 spiro atoms. The summed E-state index contributed by atoms with van der Waals surface area (Å²) in [5.41, 5.74) is 1.52. The summed E-state index contributed by atoms with van der Waals surface area (Å²) < 4.78 is 48.3. The van der Waals surface area contributed by atoms with Gasteiger partial charge in [-0.15, -0.1) is 0 Å². The number of halogens is 3. The third-order valence-corrected chi connectivity index (χ3v) is 5.75. The Balaban J connectivity index is 1.84. The molecule has 1 fully saturated rings. The minimum Gasteiger partial charge on any atom is -0.491 e. The standard InChI is InChI=1S/C24H32F3NO5/c1-32-23(30)10-5-3-2-4-7-17-11-14-22(28-31)21(17)13-12-19(29)16-33-20-9-6-8-18(15-20)24(25,26)27/h2,4,6,8-9,12-13,15,17,19,21-22,28-29,31H,3,5,7,10-11,14,16H2,1H3/b4-2-,13-12+/t17-,19+,21?,22?/m0/s1. The molecule has 1 aliphatic carbocycles. The van der Waals surface area contributed by atoms with Crippen molar-refractivity contribution in [3.05, 3.63) is 54.1 Å². The highest BCUT2D eigenvalue weighted by atomic mass is 19.4. The normalized spacial score (nSPS) is 22.2. The molecule has 0 radical (unpaired) electrons. The second-order valence-corrected chi connectivity index (χ2v) is 8.11. The summed E-state index contributed by atoms with van der Waals surface area (Å²) in [4.78, 5) is 11.1. The summed E-state index contributed by atoms with van der Waals surface area (Å²) in [7, 11) is 1.37. The van der Waals surface area contributed by atoms with Crippen molar-refractivity contribution in [3.63, 3.8) is 0 Å². The van der Waals surface area contributed by atoms with Crippen LogP contribution in [0.1, 0.15) is 44.1 Å². The molecule has 6 nitrogen and oxygen atoms in total. The Morgan fingerprint density at radius 1 is 1.30 bits per heavy atom. The molecular weight excluding hydrogens is 439 g/mol. The number of hydroxylamine groups is 1. The van der Waals surface area contributed by atoms with E-state index in [1.54, 1.807) is 6.08 Å². The van der Waals surface area contributed by atoms with Gasteiger partial charge in [-0.3, -0.25) is 4.79 Å². The van der Waals surface area contributed by atoms with E-state index in [1.807, 2.05) is 12.2 Å². The molecule has 4 atom stereocenters. The maximum absolute atomic E-state index is 12.8. The van der Waals surface area contributed by atoms with Gasteiger partial charge in [-0.2, -0.15) is 13.2 Å². The van der Waals surface area contributed by atoms with E-state index in [-0.39, 0.29) is 36.2 Å². The number of alkyl halides is 3. The zero-order valence-electron chi connectivity index (χ0n) is 18.6. The summed E-state index contributed by atoms with van der Waals surface area (Å²) in [5, 5.41) is 19.7. The molecule has 0 heterocycles. The lowest BCUT2D eigenvalue weighted by Gasteiger charge is -2.20. The first-order valence-electron chi connectivity index (χ1n) is 11.0. The smallest absolute Gasteiger partial charge is 0.416 e. The van der Waals surface area contributed by atoms with Gasteiger partial charge < -0.3 is 19.8 Å². The Bertz CT molecular complexity index is 797. The molecule has 0 saturated heterocycles. The first kappa shape index (κ1) is 26.9. The van der Waals surface area contributed by atoms with Crippen LogP contribution in [-0.2, 0) is 15.7 Å². The van der Waals surface area contributed by atoms with Crippen LogP contribution in [-0.4, -0.2) is 42.1 Å². The van der Waals surface area contributed by atoms with Crippen LogP contribution in [0.4, 0.5) is 13.2 Å². The van der Waals surface area contributed by atoms with E-state index >= 15 is 0 Å². The molecule has 184 valence electrons. The minimum absolute atomic E-state index is 0.0158. The first-order valence-corrected chi connectivity index (χ1v) is 11.0. The van der Waals surface area contributed by atoms with Crippen molar-refractivity contribution in [2.75, 3.05) is 13.7 Å². The van der Waals surface area contributed by atoms with Gasteiger partial charge in [0.05, 0.1) is 12.7 Å². The molecule has 33 heavy (non-hydrogen) atoms. The highest BCUT2D eigenvalue weighted by Gasteiger charge is 2.33. The Kier molecular flexibility index (Phi) is 10.9. The maximum atomic E-state index is 12.8. The number of carbonyl (C=O) groups excluding carboxylic acids is 1. The summed E-state index contributed by atoms with van der Waals surface area (Å²) in [6, 6.07) is 4.37. The largest absolute Gasteiger partial charge is 0.491 e. The number of aliphatic hydroxyl groups excluding tert-OH is 1. The number of rotatable bonds is 12. The number of hydrogen-bond acceptors (Lipinski definition) is 6. The topological polar surface area (TPSA) is 88.0 Å². The number of unbranched alkanes of at least 4 members (excludes halogenated alkanes) is 1. The Labute approximate surface area is 192 Å². The van der Waals surface area contributed by atoms with Crippen molar-refractivity contribution in [1.29, 1.82) is 0 Å². The highest BCUT2D eigenvalue weighted by molar-refractivity contribution is 5.69. The molecule has 1 aliphatic rings. The van der Waals surface area contributed by atoms with Gasteiger partial charge in [0.15, 0.2) is 0 Å². The summed E-state index contributed by atoms with van der Waals surface area (Å²) >= 11 is 0. The van der Waals surface area contributed by atoms with Crippen molar-refractivity contribution < 1.29 is 37.8 Å². The van der Waals surface area contributed by atoms with Crippen LogP contribution >= 0.6 is 0 Å². The van der Waals surface area contributed by atoms with Crippen molar-refractivity contribution in [2.24, 2.45) is 11.8 Å². The summed E-state index contributed by atoms with van der Waals surface area (Å²) in [6.45, 7) is -0.188. The van der Waals surface area contributed by atoms with Gasteiger partial charge >= 0.3 is 12.1 Å². The van der Waals surface area contributed by atoms with Crippen LogP contribution in [0.5, 0.6) is 5.75 Å². The van der Waals surface area contributed by atoms with Gasteiger partial charge in [0.25, 0.3) is 0 Å². The molecular formula is C24H32F3NO5. The molecule has 0 amide bonds. The van der Waals surface area contributed by atoms with E-state index in [1.165, 1.54) is 19.2 Å². The van der Waals surface area contributed by atoms with E-state index in [0.717, 1.165) is 44.2 Å². The molecule has 3 N–H and O–H groups in total. The second kappa shape index (κ2) is 13.4. The fourth-order valence-corrected chi connectivity index (χ4v) is 3.94. The molecule has 9 heteroatoms. The van der Waals surface area contributed by atoms with Crippen LogP contribution < -0.4 is 10.2 Å². The Hall–Kier alpha value is -2.36. The van der Waals surface area contributed by atoms with Crippen LogP contribution in [0.2, 0.25) is 0 Å². The third-order valence-electron chi connectivity index (χ3n) is 5.75. The molecule has 1 aromatic carbocycles. The SMILES string of the molecule is COC(=O)CCC/C=C\C[C@H]1CCC(NO)C1/C=C/[C@@H](O)COc1cccc(C(F)(F)F)c1. The van der Waals surface area contributed by atoms with E-state index < -0.39 is 17.8 Å². The van der Waals surface area contributed by atoms with Gasteiger partial charge in [0.1, 0.15) is 18.5 Å². The average Bonchev–Trinajstić information content (AvgIpc) is 3.19.